The molecule has 1 atom stereocenters. The highest BCUT2D eigenvalue weighted by atomic mass is 32.2. The van der Waals surface area contributed by atoms with E-state index in [4.69, 9.17) is 5.11 Å². The molecule has 7 heteroatoms. The molecule has 0 bridgehead atoms. The first-order chi connectivity index (χ1) is 9.79. The summed E-state index contributed by atoms with van der Waals surface area (Å²) in [6.07, 6.45) is 1.78. The maximum absolute atomic E-state index is 12.0. The van der Waals surface area contributed by atoms with Gasteiger partial charge in [-0.2, -0.15) is 0 Å². The Morgan fingerprint density at radius 3 is 2.29 bits per heavy atom. The molecule has 0 aliphatic heterocycles. The van der Waals surface area contributed by atoms with Crippen LogP contribution in [0.15, 0.2) is 34.1 Å². The summed E-state index contributed by atoms with van der Waals surface area (Å²) in [7, 11) is -3.45. The number of carboxylic acids is 1. The summed E-state index contributed by atoms with van der Waals surface area (Å²) in [5.41, 5.74) is 0. The highest BCUT2D eigenvalue weighted by molar-refractivity contribution is 8.00. The predicted octanol–water partition coefficient (Wildman–Crippen LogP) is 2.33. The monoisotopic (exact) mass is 329 g/mol. The third-order valence-corrected chi connectivity index (χ3v) is 6.23. The molecule has 21 heavy (non-hydrogen) atoms. The zero-order chi connectivity index (χ0) is 15.6. The lowest BCUT2D eigenvalue weighted by molar-refractivity contribution is -0.137. The molecule has 0 radical (unpaired) electrons. The molecule has 1 fully saturated rings. The Kier molecular flexibility index (Phi) is 4.95. The molecule has 2 N–H and O–H groups in total. The minimum Gasteiger partial charge on any atom is -0.480 e. The molecule has 2 rings (SSSR count). The highest BCUT2D eigenvalue weighted by Crippen LogP contribution is 2.29. The number of rotatable bonds is 7. The summed E-state index contributed by atoms with van der Waals surface area (Å²) in [5, 5.41) is 8.62. The number of thioether (sulfide) groups is 1. The van der Waals surface area contributed by atoms with Crippen molar-refractivity contribution in [2.75, 3.05) is 0 Å². The second kappa shape index (κ2) is 6.37. The van der Waals surface area contributed by atoms with Crippen LogP contribution in [0.3, 0.4) is 0 Å². The molecule has 1 aromatic carbocycles. The van der Waals surface area contributed by atoms with E-state index >= 15 is 0 Å². The van der Waals surface area contributed by atoms with Gasteiger partial charge in [-0.3, -0.25) is 4.79 Å². The third kappa shape index (κ3) is 4.46. The zero-order valence-electron chi connectivity index (χ0n) is 11.9. The maximum atomic E-state index is 12.0. The number of hydrogen-bond acceptors (Lipinski definition) is 4. The maximum Gasteiger partial charge on any atom is 0.317 e. The quantitative estimate of drug-likeness (QED) is 0.750. The molecule has 0 aromatic heterocycles. The van der Waals surface area contributed by atoms with Gasteiger partial charge in [0.25, 0.3) is 0 Å². The topological polar surface area (TPSA) is 83.5 Å². The van der Waals surface area contributed by atoms with E-state index in [9.17, 15) is 13.2 Å². The van der Waals surface area contributed by atoms with Crippen LogP contribution in [-0.4, -0.2) is 30.8 Å². The first-order valence-corrected chi connectivity index (χ1v) is 9.18. The minimum atomic E-state index is -3.45. The Morgan fingerprint density at radius 1 is 1.29 bits per heavy atom. The fourth-order valence-electron chi connectivity index (χ4n) is 1.80. The predicted molar refractivity (Wildman–Crippen MR) is 81.9 cm³/mol. The Hall–Kier alpha value is -1.05. The van der Waals surface area contributed by atoms with Crippen LogP contribution >= 0.6 is 11.8 Å². The second-order valence-electron chi connectivity index (χ2n) is 5.49. The first-order valence-electron chi connectivity index (χ1n) is 6.81. The largest absolute Gasteiger partial charge is 0.480 e. The molecule has 0 heterocycles. The molecule has 116 valence electrons. The van der Waals surface area contributed by atoms with Gasteiger partial charge in [0.1, 0.15) is 5.25 Å². The van der Waals surface area contributed by atoms with Crippen LogP contribution in [0.2, 0.25) is 0 Å². The van der Waals surface area contributed by atoms with E-state index < -0.39 is 21.2 Å². The summed E-state index contributed by atoms with van der Waals surface area (Å²) in [6.45, 7) is 3.70. The Morgan fingerprint density at radius 2 is 1.86 bits per heavy atom. The molecular weight excluding hydrogens is 310 g/mol. The molecule has 1 aromatic rings. The molecule has 1 aliphatic rings. The van der Waals surface area contributed by atoms with E-state index in [1.54, 1.807) is 12.1 Å². The average Bonchev–Trinajstić information content (AvgIpc) is 3.19. The van der Waals surface area contributed by atoms with Crippen LogP contribution in [0.1, 0.15) is 26.7 Å². The van der Waals surface area contributed by atoms with Crippen LogP contribution in [-0.2, 0) is 14.8 Å². The normalized spacial score (nSPS) is 16.9. The lowest BCUT2D eigenvalue weighted by Crippen LogP contribution is -2.25. The molecular formula is C14H19NO4S2. The van der Waals surface area contributed by atoms with Crippen LogP contribution in [0, 0.1) is 5.92 Å². The minimum absolute atomic E-state index is 0.00700. The summed E-state index contributed by atoms with van der Waals surface area (Å²) in [5.74, 6) is -0.866. The van der Waals surface area contributed by atoms with Crippen molar-refractivity contribution in [2.24, 2.45) is 5.92 Å². The number of benzene rings is 1. The standard InChI is InChI=1S/C14H19NO4S2/c1-9(2)13(14(16)17)20-11-5-7-12(8-6-11)21(18,19)15-10-3-4-10/h5-10,13,15H,3-4H2,1-2H3,(H,16,17). The van der Waals surface area contributed by atoms with Gasteiger partial charge in [-0.1, -0.05) is 13.8 Å². The molecule has 0 amide bonds. The summed E-state index contributed by atoms with van der Waals surface area (Å²) < 4.78 is 26.7. The number of hydrogen-bond donors (Lipinski definition) is 2. The van der Waals surface area contributed by atoms with Gasteiger partial charge in [-0.05, 0) is 43.0 Å². The van der Waals surface area contributed by atoms with E-state index in [0.717, 1.165) is 17.7 Å². The average molecular weight is 329 g/mol. The van der Waals surface area contributed by atoms with Crippen molar-refractivity contribution in [3.8, 4) is 0 Å². The molecule has 0 saturated heterocycles. The fraction of sp³-hybridized carbons (Fsp3) is 0.500. The number of carbonyl (C=O) groups is 1. The Labute approximate surface area is 129 Å². The van der Waals surface area contributed by atoms with Crippen molar-refractivity contribution in [3.05, 3.63) is 24.3 Å². The molecule has 0 spiro atoms. The first kappa shape index (κ1) is 16.3. The number of aliphatic carboxylic acids is 1. The number of carboxylic acid groups (broad SMARTS) is 1. The smallest absolute Gasteiger partial charge is 0.317 e. The van der Waals surface area contributed by atoms with Crippen LogP contribution < -0.4 is 4.72 Å². The van der Waals surface area contributed by atoms with E-state index in [1.807, 2.05) is 13.8 Å². The van der Waals surface area contributed by atoms with Gasteiger partial charge in [0.15, 0.2) is 0 Å². The van der Waals surface area contributed by atoms with Crippen molar-refractivity contribution in [1.82, 2.24) is 4.72 Å². The zero-order valence-corrected chi connectivity index (χ0v) is 13.6. The van der Waals surface area contributed by atoms with Gasteiger partial charge in [0.05, 0.1) is 4.90 Å². The molecule has 1 saturated carbocycles. The van der Waals surface area contributed by atoms with Crippen LogP contribution in [0.5, 0.6) is 0 Å². The second-order valence-corrected chi connectivity index (χ2v) is 8.42. The van der Waals surface area contributed by atoms with Gasteiger partial charge in [0.2, 0.25) is 10.0 Å². The summed E-state index contributed by atoms with van der Waals surface area (Å²) in [6, 6.07) is 6.43. The molecule has 1 unspecified atom stereocenters. The van der Waals surface area contributed by atoms with Crippen LogP contribution in [0.4, 0.5) is 0 Å². The fourth-order valence-corrected chi connectivity index (χ4v) is 4.07. The van der Waals surface area contributed by atoms with Crippen molar-refractivity contribution in [2.45, 2.75) is 47.8 Å². The van der Waals surface area contributed by atoms with Gasteiger partial charge in [0, 0.05) is 10.9 Å². The van der Waals surface area contributed by atoms with Crippen molar-refractivity contribution in [3.63, 3.8) is 0 Å². The van der Waals surface area contributed by atoms with Gasteiger partial charge in [-0.25, -0.2) is 13.1 Å². The Balaban J connectivity index is 2.09. The SMILES string of the molecule is CC(C)C(Sc1ccc(S(=O)(=O)NC2CC2)cc1)C(=O)O. The van der Waals surface area contributed by atoms with Crippen molar-refractivity contribution >= 4 is 27.8 Å². The van der Waals surface area contributed by atoms with Crippen molar-refractivity contribution in [1.29, 1.82) is 0 Å². The van der Waals surface area contributed by atoms with E-state index in [0.29, 0.717) is 0 Å². The lowest BCUT2D eigenvalue weighted by atomic mass is 10.1. The van der Waals surface area contributed by atoms with Gasteiger partial charge >= 0.3 is 5.97 Å². The Bertz CT molecular complexity index is 606. The van der Waals surface area contributed by atoms with E-state index in [2.05, 4.69) is 4.72 Å². The molecule has 5 nitrogen and oxygen atoms in total. The number of sulfonamides is 1. The lowest BCUT2D eigenvalue weighted by Gasteiger charge is -2.15. The summed E-state index contributed by atoms with van der Waals surface area (Å²) >= 11 is 1.24. The van der Waals surface area contributed by atoms with E-state index in [1.165, 1.54) is 23.9 Å². The van der Waals surface area contributed by atoms with Crippen molar-refractivity contribution < 1.29 is 18.3 Å². The number of nitrogens with one attached hydrogen (secondary N) is 1. The van der Waals surface area contributed by atoms with Gasteiger partial charge in [-0.15, -0.1) is 11.8 Å². The van der Waals surface area contributed by atoms with E-state index in [-0.39, 0.29) is 16.9 Å². The summed E-state index contributed by atoms with van der Waals surface area (Å²) in [4.78, 5) is 12.1. The van der Waals surface area contributed by atoms with Gasteiger partial charge < -0.3 is 5.11 Å². The third-order valence-electron chi connectivity index (χ3n) is 3.15. The molecule has 1 aliphatic carbocycles. The van der Waals surface area contributed by atoms with Crippen LogP contribution in [0.25, 0.3) is 0 Å². The highest BCUT2D eigenvalue weighted by Gasteiger charge is 2.28.